The summed E-state index contributed by atoms with van der Waals surface area (Å²) in [7, 11) is -3.20. The maximum atomic E-state index is 12.3. The summed E-state index contributed by atoms with van der Waals surface area (Å²) >= 11 is 0. The van der Waals surface area contributed by atoms with Crippen LogP contribution in [0.15, 0.2) is 34.1 Å². The monoisotopic (exact) mass is 335 g/mol. The second-order valence-corrected chi connectivity index (χ2v) is 8.44. The van der Waals surface area contributed by atoms with Gasteiger partial charge in [0.1, 0.15) is 9.79 Å². The molecule has 0 spiro atoms. The number of rotatable bonds is 8. The Hall–Kier alpha value is -1.00. The first kappa shape index (κ1) is 18.1. The summed E-state index contributed by atoms with van der Waals surface area (Å²) in [6.07, 6.45) is 0.609. The molecule has 0 aliphatic heterocycles. The molecule has 120 valence electrons. The van der Waals surface area contributed by atoms with Crippen LogP contribution in [0.1, 0.15) is 6.42 Å². The van der Waals surface area contributed by atoms with Gasteiger partial charge in [0.15, 0.2) is 0 Å². The van der Waals surface area contributed by atoms with Gasteiger partial charge < -0.3 is 5.32 Å². The zero-order chi connectivity index (χ0) is 16.1. The molecule has 0 bridgehead atoms. The first-order chi connectivity index (χ1) is 9.73. The quantitative estimate of drug-likeness (QED) is 0.643. The van der Waals surface area contributed by atoms with Crippen LogP contribution in [0, 0.1) is 0 Å². The largest absolute Gasteiger partial charge is 0.320 e. The van der Waals surface area contributed by atoms with Gasteiger partial charge in [-0.1, -0.05) is 12.1 Å². The standard InChI is InChI=1S/C12H21N3O4S2/c1-13-9-6-10-14-20(16,17)11-7-4-5-8-12(11)21(18,19)15(2)3/h4-5,7-8,13-14H,6,9-10H2,1-3H3. The summed E-state index contributed by atoms with van der Waals surface area (Å²) < 4.78 is 52.3. The minimum absolute atomic E-state index is 0.226. The predicted molar refractivity (Wildman–Crippen MR) is 81.0 cm³/mol. The Morgan fingerprint density at radius 3 is 2.10 bits per heavy atom. The summed E-state index contributed by atoms with van der Waals surface area (Å²) in [6, 6.07) is 5.57. The van der Waals surface area contributed by atoms with E-state index < -0.39 is 20.0 Å². The SMILES string of the molecule is CNCCCNS(=O)(=O)c1ccccc1S(=O)(=O)N(C)C. The average Bonchev–Trinajstić information content (AvgIpc) is 2.43. The van der Waals surface area contributed by atoms with Crippen molar-refractivity contribution >= 4 is 20.0 Å². The van der Waals surface area contributed by atoms with Gasteiger partial charge in [0.05, 0.1) is 0 Å². The van der Waals surface area contributed by atoms with Gasteiger partial charge in [0.25, 0.3) is 0 Å². The molecule has 0 radical (unpaired) electrons. The van der Waals surface area contributed by atoms with Crippen molar-refractivity contribution in [2.75, 3.05) is 34.2 Å². The van der Waals surface area contributed by atoms with Crippen molar-refractivity contribution in [2.45, 2.75) is 16.2 Å². The molecule has 0 aromatic heterocycles. The molecule has 1 aromatic carbocycles. The van der Waals surface area contributed by atoms with Gasteiger partial charge >= 0.3 is 0 Å². The van der Waals surface area contributed by atoms with E-state index >= 15 is 0 Å². The normalized spacial score (nSPS) is 12.8. The van der Waals surface area contributed by atoms with Crippen molar-refractivity contribution in [3.63, 3.8) is 0 Å². The van der Waals surface area contributed by atoms with Gasteiger partial charge in [-0.05, 0) is 32.1 Å². The highest BCUT2D eigenvalue weighted by Crippen LogP contribution is 2.22. The fraction of sp³-hybridized carbons (Fsp3) is 0.500. The average molecular weight is 335 g/mol. The van der Waals surface area contributed by atoms with Crippen LogP contribution in [0.2, 0.25) is 0 Å². The van der Waals surface area contributed by atoms with E-state index in [1.807, 2.05) is 0 Å². The molecule has 0 saturated carbocycles. The zero-order valence-corrected chi connectivity index (χ0v) is 14.0. The number of benzene rings is 1. The number of nitrogens with zero attached hydrogens (tertiary/aromatic N) is 1. The lowest BCUT2D eigenvalue weighted by molar-refractivity contribution is 0.516. The lowest BCUT2D eigenvalue weighted by Crippen LogP contribution is -2.30. The van der Waals surface area contributed by atoms with E-state index in [1.54, 1.807) is 7.05 Å². The minimum atomic E-state index is -3.87. The van der Waals surface area contributed by atoms with Gasteiger partial charge in [-0.3, -0.25) is 0 Å². The molecular weight excluding hydrogens is 314 g/mol. The van der Waals surface area contributed by atoms with E-state index in [0.717, 1.165) is 4.31 Å². The van der Waals surface area contributed by atoms with Gasteiger partial charge in [-0.15, -0.1) is 0 Å². The summed E-state index contributed by atoms with van der Waals surface area (Å²) in [5, 5.41) is 2.91. The van der Waals surface area contributed by atoms with E-state index in [1.165, 1.54) is 38.4 Å². The van der Waals surface area contributed by atoms with Crippen molar-refractivity contribution in [1.29, 1.82) is 0 Å². The second kappa shape index (κ2) is 7.32. The molecule has 9 heteroatoms. The van der Waals surface area contributed by atoms with Crippen LogP contribution < -0.4 is 10.0 Å². The van der Waals surface area contributed by atoms with Gasteiger partial charge in [-0.25, -0.2) is 25.9 Å². The predicted octanol–water partition coefficient (Wildman–Crippen LogP) is -0.175. The highest BCUT2D eigenvalue weighted by molar-refractivity contribution is 7.92. The molecule has 0 saturated heterocycles. The number of hydrogen-bond donors (Lipinski definition) is 2. The lowest BCUT2D eigenvalue weighted by Gasteiger charge is -2.15. The Morgan fingerprint density at radius 1 is 1.00 bits per heavy atom. The highest BCUT2D eigenvalue weighted by Gasteiger charge is 2.27. The van der Waals surface area contributed by atoms with Crippen LogP contribution in [0.3, 0.4) is 0 Å². The zero-order valence-electron chi connectivity index (χ0n) is 12.3. The van der Waals surface area contributed by atoms with Crippen molar-refractivity contribution in [1.82, 2.24) is 14.3 Å². The van der Waals surface area contributed by atoms with E-state index in [0.29, 0.717) is 13.0 Å². The van der Waals surface area contributed by atoms with E-state index in [-0.39, 0.29) is 16.3 Å². The molecule has 21 heavy (non-hydrogen) atoms. The first-order valence-electron chi connectivity index (χ1n) is 6.39. The van der Waals surface area contributed by atoms with Crippen molar-refractivity contribution in [3.05, 3.63) is 24.3 Å². The molecule has 7 nitrogen and oxygen atoms in total. The van der Waals surface area contributed by atoms with Crippen LogP contribution in [0.4, 0.5) is 0 Å². The molecule has 2 N–H and O–H groups in total. The van der Waals surface area contributed by atoms with Gasteiger partial charge in [0, 0.05) is 20.6 Å². The first-order valence-corrected chi connectivity index (χ1v) is 9.31. The molecule has 0 aliphatic rings. The smallest absolute Gasteiger partial charge is 0.243 e. The number of hydrogen-bond acceptors (Lipinski definition) is 5. The maximum absolute atomic E-state index is 12.3. The molecular formula is C12H21N3O4S2. The van der Waals surface area contributed by atoms with Crippen LogP contribution in [-0.2, 0) is 20.0 Å². The minimum Gasteiger partial charge on any atom is -0.320 e. The fourth-order valence-electron chi connectivity index (χ4n) is 1.63. The second-order valence-electron chi connectivity index (χ2n) is 4.59. The summed E-state index contributed by atoms with van der Waals surface area (Å²) in [5.74, 6) is 0. The van der Waals surface area contributed by atoms with E-state index in [9.17, 15) is 16.8 Å². The molecule has 0 amide bonds. The molecule has 0 heterocycles. The third kappa shape index (κ3) is 4.48. The topological polar surface area (TPSA) is 95.6 Å². The van der Waals surface area contributed by atoms with E-state index in [2.05, 4.69) is 10.0 Å². The molecule has 1 aromatic rings. The maximum Gasteiger partial charge on any atom is 0.243 e. The summed E-state index contributed by atoms with van der Waals surface area (Å²) in [5.41, 5.74) is 0. The Bertz CT molecular complexity index is 669. The Kier molecular flexibility index (Phi) is 6.29. The van der Waals surface area contributed by atoms with Gasteiger partial charge in [0.2, 0.25) is 20.0 Å². The van der Waals surface area contributed by atoms with Crippen molar-refractivity contribution in [2.24, 2.45) is 0 Å². The lowest BCUT2D eigenvalue weighted by atomic mass is 10.4. The molecule has 0 unspecified atom stereocenters. The molecule has 0 fully saturated rings. The summed E-state index contributed by atoms with van der Waals surface area (Å²) in [6.45, 7) is 0.902. The number of sulfonamides is 2. The van der Waals surface area contributed by atoms with Crippen LogP contribution >= 0.6 is 0 Å². The third-order valence-corrected chi connectivity index (χ3v) is 6.31. The van der Waals surface area contributed by atoms with E-state index in [4.69, 9.17) is 0 Å². The molecule has 0 atom stereocenters. The van der Waals surface area contributed by atoms with Crippen LogP contribution in [0.25, 0.3) is 0 Å². The molecule has 1 rings (SSSR count). The Balaban J connectivity index is 3.14. The van der Waals surface area contributed by atoms with Crippen molar-refractivity contribution < 1.29 is 16.8 Å². The van der Waals surface area contributed by atoms with Crippen LogP contribution in [0.5, 0.6) is 0 Å². The van der Waals surface area contributed by atoms with Crippen LogP contribution in [-0.4, -0.2) is 55.4 Å². The third-order valence-electron chi connectivity index (χ3n) is 2.79. The summed E-state index contributed by atoms with van der Waals surface area (Å²) in [4.78, 5) is -0.459. The highest BCUT2D eigenvalue weighted by atomic mass is 32.2. The van der Waals surface area contributed by atoms with Gasteiger partial charge in [-0.2, -0.15) is 0 Å². The Morgan fingerprint density at radius 2 is 1.57 bits per heavy atom. The Labute approximate surface area is 126 Å². The molecule has 0 aliphatic carbocycles. The fourth-order valence-corrected chi connectivity index (χ4v) is 4.40. The van der Waals surface area contributed by atoms with Crippen molar-refractivity contribution in [3.8, 4) is 0 Å². The number of nitrogens with one attached hydrogen (secondary N) is 2.